The van der Waals surface area contributed by atoms with Crippen molar-refractivity contribution in [2.45, 2.75) is 6.42 Å². The van der Waals surface area contributed by atoms with Crippen LogP contribution in [0, 0.1) is 0 Å². The Morgan fingerprint density at radius 2 is 2.25 bits per heavy atom. The molecule has 0 bridgehead atoms. The van der Waals surface area contributed by atoms with Gasteiger partial charge in [-0.15, -0.1) is 11.3 Å². The number of amides is 1. The second kappa shape index (κ2) is 5.97. The monoisotopic (exact) mass is 342 g/mol. The van der Waals surface area contributed by atoms with E-state index in [-0.39, 0.29) is 19.1 Å². The Bertz CT molecular complexity index is 902. The van der Waals surface area contributed by atoms with Crippen molar-refractivity contribution in [3.05, 3.63) is 41.7 Å². The molecule has 1 aliphatic heterocycles. The first-order valence-electron chi connectivity index (χ1n) is 7.30. The minimum atomic E-state index is -0.120. The standard InChI is InChI=1S/C16H14N4O3S/c1-20-7-12(6-17-20)18-15(21)5-11-8-24-16(19-11)10-2-3-13-14(4-10)23-9-22-13/h2-4,6-8H,5,9H2,1H3,(H,18,21). The van der Waals surface area contributed by atoms with Gasteiger partial charge in [-0.3, -0.25) is 9.48 Å². The van der Waals surface area contributed by atoms with E-state index in [9.17, 15) is 4.79 Å². The highest BCUT2D eigenvalue weighted by atomic mass is 32.1. The van der Waals surface area contributed by atoms with Gasteiger partial charge in [0.2, 0.25) is 12.7 Å². The van der Waals surface area contributed by atoms with Crippen molar-refractivity contribution in [1.82, 2.24) is 14.8 Å². The Balaban J connectivity index is 1.45. The van der Waals surface area contributed by atoms with Crippen LogP contribution in [-0.4, -0.2) is 27.5 Å². The van der Waals surface area contributed by atoms with Crippen LogP contribution in [-0.2, 0) is 18.3 Å². The molecular formula is C16H14N4O3S. The molecular weight excluding hydrogens is 328 g/mol. The van der Waals surface area contributed by atoms with Crippen molar-refractivity contribution in [1.29, 1.82) is 0 Å². The molecule has 0 spiro atoms. The number of anilines is 1. The fourth-order valence-electron chi connectivity index (χ4n) is 2.41. The van der Waals surface area contributed by atoms with Crippen molar-refractivity contribution >= 4 is 22.9 Å². The molecule has 0 saturated heterocycles. The number of ether oxygens (including phenoxy) is 2. The molecule has 3 aromatic rings. The van der Waals surface area contributed by atoms with Crippen LogP contribution in [0.4, 0.5) is 5.69 Å². The van der Waals surface area contributed by atoms with Gasteiger partial charge in [0.05, 0.1) is 24.0 Å². The quantitative estimate of drug-likeness (QED) is 0.788. The van der Waals surface area contributed by atoms with Gasteiger partial charge in [-0.05, 0) is 18.2 Å². The second-order valence-electron chi connectivity index (χ2n) is 5.34. The molecule has 8 heteroatoms. The molecule has 1 aliphatic rings. The third-order valence-corrected chi connectivity index (χ3v) is 4.44. The maximum Gasteiger partial charge on any atom is 0.231 e. The first-order chi connectivity index (χ1) is 11.7. The summed E-state index contributed by atoms with van der Waals surface area (Å²) in [6.07, 6.45) is 3.57. The lowest BCUT2D eigenvalue weighted by Gasteiger charge is -2.00. The summed E-state index contributed by atoms with van der Waals surface area (Å²) in [5.41, 5.74) is 2.35. The molecule has 7 nitrogen and oxygen atoms in total. The van der Waals surface area contributed by atoms with Gasteiger partial charge in [0.15, 0.2) is 11.5 Å². The zero-order chi connectivity index (χ0) is 16.5. The van der Waals surface area contributed by atoms with Crippen molar-refractivity contribution in [2.75, 3.05) is 12.1 Å². The van der Waals surface area contributed by atoms with Crippen LogP contribution in [0.3, 0.4) is 0 Å². The van der Waals surface area contributed by atoms with Crippen LogP contribution >= 0.6 is 11.3 Å². The van der Waals surface area contributed by atoms with Crippen molar-refractivity contribution in [2.24, 2.45) is 7.05 Å². The van der Waals surface area contributed by atoms with Crippen LogP contribution in [0.25, 0.3) is 10.6 Å². The molecule has 0 saturated carbocycles. The summed E-state index contributed by atoms with van der Waals surface area (Å²) in [5, 5.41) is 9.55. The van der Waals surface area contributed by atoms with Gasteiger partial charge in [0.25, 0.3) is 0 Å². The largest absolute Gasteiger partial charge is 0.454 e. The second-order valence-corrected chi connectivity index (χ2v) is 6.20. The Hall–Kier alpha value is -2.87. The average Bonchev–Trinajstić information content (AvgIpc) is 3.27. The highest BCUT2D eigenvalue weighted by Gasteiger charge is 2.16. The maximum absolute atomic E-state index is 12.1. The summed E-state index contributed by atoms with van der Waals surface area (Å²) in [5.74, 6) is 1.34. The van der Waals surface area contributed by atoms with Gasteiger partial charge < -0.3 is 14.8 Å². The van der Waals surface area contributed by atoms with E-state index in [2.05, 4.69) is 15.4 Å². The van der Waals surface area contributed by atoms with Crippen molar-refractivity contribution < 1.29 is 14.3 Å². The predicted molar refractivity (Wildman–Crippen MR) is 89.2 cm³/mol. The molecule has 0 aliphatic carbocycles. The molecule has 3 heterocycles. The topological polar surface area (TPSA) is 78.3 Å². The number of fused-ring (bicyclic) bond motifs is 1. The van der Waals surface area contributed by atoms with Gasteiger partial charge in [-0.25, -0.2) is 4.98 Å². The van der Waals surface area contributed by atoms with E-state index in [1.807, 2.05) is 23.6 Å². The zero-order valence-electron chi connectivity index (χ0n) is 12.9. The fourth-order valence-corrected chi connectivity index (χ4v) is 3.22. The van der Waals surface area contributed by atoms with Gasteiger partial charge in [-0.2, -0.15) is 5.10 Å². The molecule has 0 atom stereocenters. The minimum absolute atomic E-state index is 0.120. The number of hydrogen-bond acceptors (Lipinski definition) is 6. The van der Waals surface area contributed by atoms with Gasteiger partial charge in [-0.1, -0.05) is 0 Å². The highest BCUT2D eigenvalue weighted by Crippen LogP contribution is 2.36. The van der Waals surface area contributed by atoms with E-state index in [1.165, 1.54) is 11.3 Å². The van der Waals surface area contributed by atoms with Crippen LogP contribution in [0.5, 0.6) is 11.5 Å². The van der Waals surface area contributed by atoms with Gasteiger partial charge >= 0.3 is 0 Å². The first-order valence-corrected chi connectivity index (χ1v) is 8.18. The number of aryl methyl sites for hydroxylation is 1. The number of nitrogens with zero attached hydrogens (tertiary/aromatic N) is 3. The molecule has 0 fully saturated rings. The van der Waals surface area contributed by atoms with Crippen LogP contribution in [0.15, 0.2) is 36.0 Å². The van der Waals surface area contributed by atoms with Crippen molar-refractivity contribution in [3.63, 3.8) is 0 Å². The summed E-state index contributed by atoms with van der Waals surface area (Å²) in [6, 6.07) is 5.71. The Kier molecular flexibility index (Phi) is 3.66. The summed E-state index contributed by atoms with van der Waals surface area (Å²) in [6.45, 7) is 0.246. The predicted octanol–water partition coefficient (Wildman–Crippen LogP) is 2.45. The molecule has 24 heavy (non-hydrogen) atoms. The molecule has 1 amide bonds. The molecule has 122 valence electrons. The Labute approximate surface area is 141 Å². The molecule has 1 aromatic carbocycles. The Morgan fingerprint density at radius 1 is 1.38 bits per heavy atom. The van der Waals surface area contributed by atoms with Gasteiger partial charge in [0, 0.05) is 24.2 Å². The average molecular weight is 342 g/mol. The number of carbonyl (C=O) groups is 1. The van der Waals surface area contributed by atoms with Gasteiger partial charge in [0.1, 0.15) is 5.01 Å². The summed E-state index contributed by atoms with van der Waals surface area (Å²) in [4.78, 5) is 16.6. The smallest absolute Gasteiger partial charge is 0.231 e. The lowest BCUT2D eigenvalue weighted by molar-refractivity contribution is -0.115. The summed E-state index contributed by atoms with van der Waals surface area (Å²) >= 11 is 1.50. The van der Waals surface area contributed by atoms with Crippen LogP contribution in [0.2, 0.25) is 0 Å². The number of aromatic nitrogens is 3. The highest BCUT2D eigenvalue weighted by molar-refractivity contribution is 7.13. The Morgan fingerprint density at radius 3 is 3.08 bits per heavy atom. The van der Waals surface area contributed by atoms with Crippen LogP contribution in [0.1, 0.15) is 5.69 Å². The summed E-state index contributed by atoms with van der Waals surface area (Å²) in [7, 11) is 1.80. The molecule has 2 aromatic heterocycles. The lowest BCUT2D eigenvalue weighted by Crippen LogP contribution is -2.14. The van der Waals surface area contributed by atoms with E-state index >= 15 is 0 Å². The van der Waals surface area contributed by atoms with E-state index in [0.717, 1.165) is 27.8 Å². The molecule has 0 unspecified atom stereocenters. The third-order valence-electron chi connectivity index (χ3n) is 3.50. The minimum Gasteiger partial charge on any atom is -0.454 e. The first kappa shape index (κ1) is 14.7. The number of rotatable bonds is 4. The molecule has 1 N–H and O–H groups in total. The molecule has 4 rings (SSSR count). The number of carbonyl (C=O) groups excluding carboxylic acids is 1. The zero-order valence-corrected chi connectivity index (χ0v) is 13.7. The molecule has 0 radical (unpaired) electrons. The lowest BCUT2D eigenvalue weighted by atomic mass is 10.2. The fraction of sp³-hybridized carbons (Fsp3) is 0.188. The van der Waals surface area contributed by atoms with E-state index < -0.39 is 0 Å². The normalized spacial score (nSPS) is 12.4. The SMILES string of the molecule is Cn1cc(NC(=O)Cc2csc(-c3ccc4c(c3)OCO4)n2)cn1. The van der Waals surface area contributed by atoms with E-state index in [4.69, 9.17) is 9.47 Å². The van der Waals surface area contributed by atoms with E-state index in [1.54, 1.807) is 24.1 Å². The number of benzene rings is 1. The number of nitrogens with one attached hydrogen (secondary N) is 1. The summed E-state index contributed by atoms with van der Waals surface area (Å²) < 4.78 is 12.3. The van der Waals surface area contributed by atoms with Crippen molar-refractivity contribution in [3.8, 4) is 22.1 Å². The maximum atomic E-state index is 12.1. The van der Waals surface area contributed by atoms with E-state index in [0.29, 0.717) is 5.69 Å². The number of hydrogen-bond donors (Lipinski definition) is 1. The van der Waals surface area contributed by atoms with Crippen LogP contribution < -0.4 is 14.8 Å². The third kappa shape index (κ3) is 2.95. The number of thiazole rings is 1.